The smallest absolute Gasteiger partial charge is 0.258 e. The second kappa shape index (κ2) is 8.69. The van der Waals surface area contributed by atoms with Crippen LogP contribution in [0.2, 0.25) is 0 Å². The molecule has 1 aromatic heterocycles. The molecule has 0 radical (unpaired) electrons. The molecule has 0 aliphatic carbocycles. The number of ether oxygens (including phenoxy) is 1. The highest BCUT2D eigenvalue weighted by atomic mass is 19.1. The molecule has 6 heteroatoms. The highest BCUT2D eigenvalue weighted by molar-refractivity contribution is 5.88. The Labute approximate surface area is 172 Å². The molecule has 4 aromatic rings. The van der Waals surface area contributed by atoms with Crippen molar-refractivity contribution in [2.24, 2.45) is 0 Å². The Bertz CT molecular complexity index is 1180. The Morgan fingerprint density at radius 1 is 0.900 bits per heavy atom. The average molecular weight is 404 g/mol. The van der Waals surface area contributed by atoms with E-state index >= 15 is 0 Å². The van der Waals surface area contributed by atoms with E-state index in [1.54, 1.807) is 24.3 Å². The van der Waals surface area contributed by atoms with Crippen LogP contribution in [0.15, 0.2) is 78.9 Å². The van der Waals surface area contributed by atoms with E-state index in [1.165, 1.54) is 24.3 Å². The number of aromatic nitrogens is 1. The van der Waals surface area contributed by atoms with Crippen LogP contribution >= 0.6 is 0 Å². The Kier molecular flexibility index (Phi) is 5.66. The summed E-state index contributed by atoms with van der Waals surface area (Å²) in [5, 5.41) is 3.21. The summed E-state index contributed by atoms with van der Waals surface area (Å²) in [6.45, 7) is 0.00844. The van der Waals surface area contributed by atoms with E-state index < -0.39 is 5.82 Å². The number of nitrogens with zero attached hydrogens (tertiary/aromatic N) is 1. The quantitative estimate of drug-likeness (QED) is 0.499. The van der Waals surface area contributed by atoms with Gasteiger partial charge in [0.15, 0.2) is 6.61 Å². The highest BCUT2D eigenvalue weighted by Gasteiger charge is 2.12. The number of carbonyl (C=O) groups is 1. The molecule has 150 valence electrons. The van der Waals surface area contributed by atoms with Gasteiger partial charge < -0.3 is 10.1 Å². The molecule has 4 rings (SSSR count). The lowest BCUT2D eigenvalue weighted by atomic mass is 10.1. The third kappa shape index (κ3) is 4.60. The van der Waals surface area contributed by atoms with Crippen LogP contribution in [0.4, 0.5) is 8.78 Å². The minimum Gasteiger partial charge on any atom is -0.483 e. The van der Waals surface area contributed by atoms with Crippen molar-refractivity contribution in [3.8, 4) is 17.0 Å². The molecule has 4 nitrogen and oxygen atoms in total. The zero-order valence-corrected chi connectivity index (χ0v) is 15.9. The first kappa shape index (κ1) is 19.5. The van der Waals surface area contributed by atoms with E-state index in [0.29, 0.717) is 22.3 Å². The number of hydrogen-bond donors (Lipinski definition) is 1. The third-order valence-electron chi connectivity index (χ3n) is 4.56. The van der Waals surface area contributed by atoms with Crippen LogP contribution < -0.4 is 10.1 Å². The van der Waals surface area contributed by atoms with Crippen molar-refractivity contribution in [3.05, 3.63) is 96.1 Å². The van der Waals surface area contributed by atoms with Crippen LogP contribution in [0.3, 0.4) is 0 Å². The van der Waals surface area contributed by atoms with Crippen LogP contribution in [-0.4, -0.2) is 17.5 Å². The van der Waals surface area contributed by atoms with Crippen molar-refractivity contribution < 1.29 is 18.3 Å². The molecule has 0 atom stereocenters. The van der Waals surface area contributed by atoms with E-state index in [2.05, 4.69) is 10.3 Å². The van der Waals surface area contributed by atoms with Crippen LogP contribution in [0.25, 0.3) is 22.2 Å². The van der Waals surface area contributed by atoms with Gasteiger partial charge in [0.2, 0.25) is 0 Å². The summed E-state index contributed by atoms with van der Waals surface area (Å²) in [5.74, 6) is -0.723. The van der Waals surface area contributed by atoms with Crippen molar-refractivity contribution in [1.29, 1.82) is 0 Å². The normalized spacial score (nSPS) is 10.7. The molecule has 30 heavy (non-hydrogen) atoms. The first-order valence-electron chi connectivity index (χ1n) is 9.38. The fourth-order valence-electron chi connectivity index (χ4n) is 3.04. The lowest BCUT2D eigenvalue weighted by Gasteiger charge is -2.12. The summed E-state index contributed by atoms with van der Waals surface area (Å²) in [5.41, 5.74) is 2.89. The molecular weight excluding hydrogens is 386 g/mol. The largest absolute Gasteiger partial charge is 0.483 e. The Morgan fingerprint density at radius 2 is 1.63 bits per heavy atom. The number of rotatable bonds is 6. The lowest BCUT2D eigenvalue weighted by molar-refractivity contribution is -0.123. The van der Waals surface area contributed by atoms with Gasteiger partial charge in [0.05, 0.1) is 11.2 Å². The minimum absolute atomic E-state index is 0.245. The zero-order chi connectivity index (χ0) is 20.9. The van der Waals surface area contributed by atoms with E-state index in [0.717, 1.165) is 11.1 Å². The number of amides is 1. The molecule has 0 unspecified atom stereocenters. The van der Waals surface area contributed by atoms with E-state index in [4.69, 9.17) is 4.74 Å². The summed E-state index contributed by atoms with van der Waals surface area (Å²) in [4.78, 5) is 16.8. The molecule has 0 fully saturated rings. The van der Waals surface area contributed by atoms with Gasteiger partial charge in [-0.1, -0.05) is 42.5 Å². The Balaban J connectivity index is 1.52. The van der Waals surface area contributed by atoms with Gasteiger partial charge in [-0.3, -0.25) is 4.79 Å². The molecule has 0 aliphatic rings. The van der Waals surface area contributed by atoms with Gasteiger partial charge in [0.25, 0.3) is 5.91 Å². The maximum Gasteiger partial charge on any atom is 0.258 e. The molecule has 0 bridgehead atoms. The van der Waals surface area contributed by atoms with Crippen molar-refractivity contribution in [2.75, 3.05) is 6.61 Å². The average Bonchev–Trinajstić information content (AvgIpc) is 2.77. The lowest BCUT2D eigenvalue weighted by Crippen LogP contribution is -2.28. The van der Waals surface area contributed by atoms with E-state index in [1.807, 2.05) is 30.3 Å². The summed E-state index contributed by atoms with van der Waals surface area (Å²) in [6.07, 6.45) is 0. The van der Waals surface area contributed by atoms with Gasteiger partial charge in [0, 0.05) is 23.6 Å². The summed E-state index contributed by atoms with van der Waals surface area (Å²) in [6, 6.07) is 21.3. The molecule has 1 amide bonds. The van der Waals surface area contributed by atoms with Gasteiger partial charge >= 0.3 is 0 Å². The number of nitrogens with one attached hydrogen (secondary N) is 1. The van der Waals surface area contributed by atoms with Gasteiger partial charge in [-0.25, -0.2) is 13.8 Å². The summed E-state index contributed by atoms with van der Waals surface area (Å²) in [7, 11) is 0. The molecule has 1 heterocycles. The molecule has 0 aliphatic heterocycles. The SMILES string of the molecule is O=C(COc1cc(-c2ccccc2)nc2ccc(F)cc12)NCc1ccc(F)cc1. The molecule has 0 saturated heterocycles. The minimum atomic E-state index is -0.414. The molecule has 1 N–H and O–H groups in total. The van der Waals surface area contributed by atoms with E-state index in [-0.39, 0.29) is 24.9 Å². The van der Waals surface area contributed by atoms with Gasteiger partial charge in [-0.15, -0.1) is 0 Å². The predicted molar refractivity (Wildman–Crippen MR) is 111 cm³/mol. The first-order valence-corrected chi connectivity index (χ1v) is 9.38. The van der Waals surface area contributed by atoms with Crippen molar-refractivity contribution in [2.45, 2.75) is 6.54 Å². The number of benzene rings is 3. The standard InChI is InChI=1S/C24H18F2N2O2/c25-18-8-6-16(7-9-18)14-27-24(29)15-30-23-13-22(17-4-2-1-3-5-17)28-21-11-10-19(26)12-20(21)23/h1-13H,14-15H2,(H,27,29). The number of pyridine rings is 1. The maximum atomic E-state index is 13.8. The molecule has 0 spiro atoms. The molecule has 3 aromatic carbocycles. The molecule has 0 saturated carbocycles. The van der Waals surface area contributed by atoms with Crippen LogP contribution in [0.5, 0.6) is 5.75 Å². The molecular formula is C24H18F2N2O2. The highest BCUT2D eigenvalue weighted by Crippen LogP contribution is 2.30. The predicted octanol–water partition coefficient (Wildman–Crippen LogP) is 4.88. The fourth-order valence-corrected chi connectivity index (χ4v) is 3.04. The number of carbonyl (C=O) groups excluding carboxylic acids is 1. The van der Waals surface area contributed by atoms with Crippen molar-refractivity contribution in [3.63, 3.8) is 0 Å². The zero-order valence-electron chi connectivity index (χ0n) is 15.9. The summed E-state index contributed by atoms with van der Waals surface area (Å²) >= 11 is 0. The topological polar surface area (TPSA) is 51.2 Å². The maximum absolute atomic E-state index is 13.8. The van der Waals surface area contributed by atoms with E-state index in [9.17, 15) is 13.6 Å². The fraction of sp³-hybridized carbons (Fsp3) is 0.0833. The Hall–Kier alpha value is -3.80. The van der Waals surface area contributed by atoms with Crippen molar-refractivity contribution >= 4 is 16.8 Å². The van der Waals surface area contributed by atoms with Crippen molar-refractivity contribution in [1.82, 2.24) is 10.3 Å². The summed E-state index contributed by atoms with van der Waals surface area (Å²) < 4.78 is 32.5. The van der Waals surface area contributed by atoms with Crippen LogP contribution in [-0.2, 0) is 11.3 Å². The number of fused-ring (bicyclic) bond motifs is 1. The Morgan fingerprint density at radius 3 is 2.40 bits per heavy atom. The second-order valence-electron chi connectivity index (χ2n) is 6.72. The van der Waals surface area contributed by atoms with Gasteiger partial charge in [0.1, 0.15) is 17.4 Å². The van der Waals surface area contributed by atoms with Crippen LogP contribution in [0, 0.1) is 11.6 Å². The number of hydrogen-bond acceptors (Lipinski definition) is 3. The first-order chi connectivity index (χ1) is 14.6. The van der Waals surface area contributed by atoms with Gasteiger partial charge in [-0.2, -0.15) is 0 Å². The second-order valence-corrected chi connectivity index (χ2v) is 6.72. The third-order valence-corrected chi connectivity index (χ3v) is 4.56. The monoisotopic (exact) mass is 404 g/mol. The van der Waals surface area contributed by atoms with Crippen LogP contribution in [0.1, 0.15) is 5.56 Å². The van der Waals surface area contributed by atoms with Gasteiger partial charge in [-0.05, 0) is 35.9 Å². The number of halogens is 2.